The van der Waals surface area contributed by atoms with Gasteiger partial charge in [-0.1, -0.05) is 0 Å². The third-order valence-electron chi connectivity index (χ3n) is 2.98. The van der Waals surface area contributed by atoms with Crippen molar-refractivity contribution in [2.45, 2.75) is 0 Å². The van der Waals surface area contributed by atoms with Crippen LogP contribution in [0.4, 0.5) is 0 Å². The van der Waals surface area contributed by atoms with Crippen molar-refractivity contribution in [1.29, 1.82) is 0 Å². The monoisotopic (exact) mass is 338 g/mol. The summed E-state index contributed by atoms with van der Waals surface area (Å²) in [6, 6.07) is 8.68. The van der Waals surface area contributed by atoms with Gasteiger partial charge in [0.1, 0.15) is 27.5 Å². The molecule has 0 spiro atoms. The molecular weight excluding hydrogens is 324 g/mol. The summed E-state index contributed by atoms with van der Waals surface area (Å²) in [6.45, 7) is 0. The average molecular weight is 339 g/mol. The number of hydrogen-bond donors (Lipinski definition) is 1. The van der Waals surface area contributed by atoms with Crippen LogP contribution in [-0.2, 0) is 0 Å². The quantitative estimate of drug-likeness (QED) is 0.919. The van der Waals surface area contributed by atoms with E-state index in [0.717, 1.165) is 5.56 Å². The van der Waals surface area contributed by atoms with E-state index in [1.807, 2.05) is 6.07 Å². The van der Waals surface area contributed by atoms with Crippen molar-refractivity contribution in [2.75, 3.05) is 21.3 Å². The highest BCUT2D eigenvalue weighted by Gasteiger charge is 2.17. The van der Waals surface area contributed by atoms with Crippen LogP contribution >= 0.6 is 15.9 Å². The zero-order valence-corrected chi connectivity index (χ0v) is 13.0. The Bertz CT molecular complexity index is 626. The number of phenolic OH excluding ortho intramolecular Hbond substituents is 1. The lowest BCUT2D eigenvalue weighted by Gasteiger charge is -2.15. The Kier molecular flexibility index (Phi) is 4.39. The lowest BCUT2D eigenvalue weighted by atomic mass is 10.0. The zero-order valence-electron chi connectivity index (χ0n) is 11.4. The number of rotatable bonds is 4. The van der Waals surface area contributed by atoms with E-state index in [-0.39, 0.29) is 5.75 Å². The molecule has 0 aliphatic heterocycles. The van der Waals surface area contributed by atoms with Gasteiger partial charge in [-0.05, 0) is 46.3 Å². The summed E-state index contributed by atoms with van der Waals surface area (Å²) in [4.78, 5) is 0. The van der Waals surface area contributed by atoms with E-state index in [1.165, 1.54) is 0 Å². The molecule has 5 heteroatoms. The molecule has 106 valence electrons. The molecular formula is C15H15BrO4. The molecule has 0 bridgehead atoms. The molecule has 0 aliphatic rings. The van der Waals surface area contributed by atoms with Crippen LogP contribution in [0.5, 0.6) is 23.0 Å². The van der Waals surface area contributed by atoms with Crippen molar-refractivity contribution in [3.63, 3.8) is 0 Å². The minimum atomic E-state index is 0.154. The molecule has 20 heavy (non-hydrogen) atoms. The molecule has 0 fully saturated rings. The highest BCUT2D eigenvalue weighted by molar-refractivity contribution is 9.10. The Morgan fingerprint density at radius 1 is 0.900 bits per heavy atom. The minimum absolute atomic E-state index is 0.154. The van der Waals surface area contributed by atoms with Gasteiger partial charge in [-0.2, -0.15) is 0 Å². The van der Waals surface area contributed by atoms with Crippen LogP contribution in [0.2, 0.25) is 0 Å². The first-order valence-electron chi connectivity index (χ1n) is 5.90. The second kappa shape index (κ2) is 6.05. The van der Waals surface area contributed by atoms with E-state index in [9.17, 15) is 5.11 Å². The Labute approximate surface area is 126 Å². The molecule has 0 radical (unpaired) electrons. The summed E-state index contributed by atoms with van der Waals surface area (Å²) in [6.07, 6.45) is 0. The van der Waals surface area contributed by atoms with Gasteiger partial charge in [0.05, 0.1) is 21.3 Å². The average Bonchev–Trinajstić information content (AvgIpc) is 2.47. The maximum absolute atomic E-state index is 10.1. The zero-order chi connectivity index (χ0) is 14.7. The van der Waals surface area contributed by atoms with Crippen LogP contribution in [0.3, 0.4) is 0 Å². The van der Waals surface area contributed by atoms with Crippen LogP contribution in [0.1, 0.15) is 0 Å². The van der Waals surface area contributed by atoms with E-state index in [2.05, 4.69) is 15.9 Å². The van der Waals surface area contributed by atoms with Gasteiger partial charge >= 0.3 is 0 Å². The molecule has 0 aromatic heterocycles. The number of methoxy groups -OCH3 is 3. The van der Waals surface area contributed by atoms with Crippen molar-refractivity contribution in [3.05, 3.63) is 34.8 Å². The SMILES string of the molecule is COc1ccc(O)c(-c2ccc(OC)c(Br)c2OC)c1. The fraction of sp³-hybridized carbons (Fsp3) is 0.200. The lowest BCUT2D eigenvalue weighted by molar-refractivity contribution is 0.390. The second-order valence-corrected chi connectivity index (χ2v) is 4.84. The third-order valence-corrected chi connectivity index (χ3v) is 3.73. The van der Waals surface area contributed by atoms with E-state index >= 15 is 0 Å². The molecule has 2 rings (SSSR count). The summed E-state index contributed by atoms with van der Waals surface area (Å²) in [7, 11) is 4.74. The Hall–Kier alpha value is -1.88. The molecule has 0 saturated carbocycles. The van der Waals surface area contributed by atoms with Gasteiger partial charge in [-0.15, -0.1) is 0 Å². The third kappa shape index (κ3) is 2.54. The minimum Gasteiger partial charge on any atom is -0.507 e. The Morgan fingerprint density at radius 3 is 2.25 bits per heavy atom. The fourth-order valence-electron chi connectivity index (χ4n) is 1.97. The van der Waals surface area contributed by atoms with Crippen LogP contribution in [-0.4, -0.2) is 26.4 Å². The molecule has 0 saturated heterocycles. The van der Waals surface area contributed by atoms with Crippen LogP contribution in [0.15, 0.2) is 34.8 Å². The van der Waals surface area contributed by atoms with Gasteiger partial charge in [-0.25, -0.2) is 0 Å². The van der Waals surface area contributed by atoms with Gasteiger partial charge in [-0.3, -0.25) is 0 Å². The Balaban J connectivity index is 2.66. The molecule has 0 heterocycles. The molecule has 0 aliphatic carbocycles. The first-order chi connectivity index (χ1) is 9.62. The number of benzene rings is 2. The smallest absolute Gasteiger partial charge is 0.144 e. The van der Waals surface area contributed by atoms with Crippen molar-refractivity contribution in [2.24, 2.45) is 0 Å². The summed E-state index contributed by atoms with van der Waals surface area (Å²) in [5.41, 5.74) is 1.38. The van der Waals surface area contributed by atoms with E-state index in [1.54, 1.807) is 45.6 Å². The van der Waals surface area contributed by atoms with Crippen LogP contribution in [0, 0.1) is 0 Å². The second-order valence-electron chi connectivity index (χ2n) is 4.05. The summed E-state index contributed by atoms with van der Waals surface area (Å²) in [5, 5.41) is 10.1. The first-order valence-corrected chi connectivity index (χ1v) is 6.69. The molecule has 0 amide bonds. The molecule has 2 aromatic rings. The van der Waals surface area contributed by atoms with E-state index in [4.69, 9.17) is 14.2 Å². The topological polar surface area (TPSA) is 47.9 Å². The molecule has 2 aromatic carbocycles. The molecule has 4 nitrogen and oxygen atoms in total. The highest BCUT2D eigenvalue weighted by atomic mass is 79.9. The predicted molar refractivity (Wildman–Crippen MR) is 80.9 cm³/mol. The standard InChI is InChI=1S/C15H15BrO4/c1-18-9-4-6-12(17)11(8-9)10-5-7-13(19-2)14(16)15(10)20-3/h4-8,17H,1-3H3. The van der Waals surface area contributed by atoms with Crippen molar-refractivity contribution >= 4 is 15.9 Å². The largest absolute Gasteiger partial charge is 0.507 e. The maximum atomic E-state index is 10.1. The van der Waals surface area contributed by atoms with Gasteiger partial charge < -0.3 is 19.3 Å². The van der Waals surface area contributed by atoms with Gasteiger partial charge in [0.25, 0.3) is 0 Å². The van der Waals surface area contributed by atoms with Crippen LogP contribution < -0.4 is 14.2 Å². The highest BCUT2D eigenvalue weighted by Crippen LogP contribution is 2.45. The van der Waals surface area contributed by atoms with Crippen LogP contribution in [0.25, 0.3) is 11.1 Å². The van der Waals surface area contributed by atoms with Crippen molar-refractivity contribution in [3.8, 4) is 34.1 Å². The normalized spacial score (nSPS) is 10.2. The van der Waals surface area contributed by atoms with Gasteiger partial charge in [0.2, 0.25) is 0 Å². The number of phenols is 1. The van der Waals surface area contributed by atoms with Gasteiger partial charge in [0.15, 0.2) is 0 Å². The number of ether oxygens (including phenoxy) is 3. The molecule has 0 unspecified atom stereocenters. The van der Waals surface area contributed by atoms with Gasteiger partial charge in [0, 0.05) is 11.1 Å². The predicted octanol–water partition coefficient (Wildman–Crippen LogP) is 3.85. The lowest BCUT2D eigenvalue weighted by Crippen LogP contribution is -1.93. The fourth-order valence-corrected chi connectivity index (χ4v) is 2.63. The van der Waals surface area contributed by atoms with E-state index < -0.39 is 0 Å². The van der Waals surface area contributed by atoms with Crippen molar-refractivity contribution in [1.82, 2.24) is 0 Å². The maximum Gasteiger partial charge on any atom is 0.144 e. The number of aromatic hydroxyl groups is 1. The number of halogens is 1. The first kappa shape index (κ1) is 14.5. The molecule has 1 N–H and O–H groups in total. The van der Waals surface area contributed by atoms with Crippen molar-refractivity contribution < 1.29 is 19.3 Å². The van der Waals surface area contributed by atoms with E-state index in [0.29, 0.717) is 27.3 Å². The number of hydrogen-bond acceptors (Lipinski definition) is 4. The summed E-state index contributed by atoms with van der Waals surface area (Å²) < 4.78 is 16.6. The molecule has 0 atom stereocenters. The Morgan fingerprint density at radius 2 is 1.65 bits per heavy atom. The summed E-state index contributed by atoms with van der Waals surface area (Å²) >= 11 is 3.45. The summed E-state index contributed by atoms with van der Waals surface area (Å²) in [5.74, 6) is 2.06.